The third kappa shape index (κ3) is 3.71. The van der Waals surface area contributed by atoms with Crippen LogP contribution in [0.3, 0.4) is 0 Å². The van der Waals surface area contributed by atoms with Crippen molar-refractivity contribution in [1.29, 1.82) is 0 Å². The van der Waals surface area contributed by atoms with Crippen LogP contribution in [0.4, 0.5) is 10.1 Å². The maximum atomic E-state index is 13.0. The highest BCUT2D eigenvalue weighted by molar-refractivity contribution is 5.81. The molecule has 3 nitrogen and oxygen atoms in total. The van der Waals surface area contributed by atoms with Gasteiger partial charge in [-0.1, -0.05) is 6.92 Å². The van der Waals surface area contributed by atoms with Gasteiger partial charge in [0.1, 0.15) is 5.82 Å². The van der Waals surface area contributed by atoms with E-state index in [1.165, 1.54) is 18.6 Å². The molecule has 110 valence electrons. The number of rotatable bonds is 4. The average Bonchev–Trinajstić information content (AvgIpc) is 2.45. The van der Waals surface area contributed by atoms with Gasteiger partial charge in [-0.15, -0.1) is 0 Å². The van der Waals surface area contributed by atoms with Crippen LogP contribution in [-0.2, 0) is 4.79 Å². The Labute approximate surface area is 120 Å². The van der Waals surface area contributed by atoms with Crippen LogP contribution < -0.4 is 4.90 Å². The second-order valence-electron chi connectivity index (χ2n) is 5.58. The Morgan fingerprint density at radius 3 is 2.70 bits per heavy atom. The quantitative estimate of drug-likeness (QED) is 0.845. The van der Waals surface area contributed by atoms with E-state index in [1.54, 1.807) is 12.1 Å². The molecule has 1 aliphatic heterocycles. The molecule has 20 heavy (non-hydrogen) atoms. The zero-order valence-electron chi connectivity index (χ0n) is 12.3. The number of amides is 1. The molecule has 0 aromatic heterocycles. The molecule has 0 radical (unpaired) electrons. The summed E-state index contributed by atoms with van der Waals surface area (Å²) in [4.78, 5) is 16.3. The number of nitrogens with zero attached hydrogens (tertiary/aromatic N) is 2. The monoisotopic (exact) mass is 278 g/mol. The van der Waals surface area contributed by atoms with E-state index in [2.05, 4.69) is 6.92 Å². The molecule has 1 heterocycles. The molecular weight excluding hydrogens is 255 g/mol. The van der Waals surface area contributed by atoms with E-state index in [0.717, 1.165) is 31.7 Å². The fraction of sp³-hybridized carbons (Fsp3) is 0.562. The number of carbonyl (C=O) groups excluding carboxylic acids is 1. The van der Waals surface area contributed by atoms with Gasteiger partial charge in [0.25, 0.3) is 0 Å². The topological polar surface area (TPSA) is 23.6 Å². The van der Waals surface area contributed by atoms with Gasteiger partial charge in [0, 0.05) is 25.3 Å². The molecule has 4 heteroatoms. The van der Waals surface area contributed by atoms with Gasteiger partial charge in [-0.25, -0.2) is 4.39 Å². The van der Waals surface area contributed by atoms with Crippen LogP contribution in [0.2, 0.25) is 0 Å². The average molecular weight is 278 g/mol. The first kappa shape index (κ1) is 14.8. The highest BCUT2D eigenvalue weighted by atomic mass is 19.1. The number of likely N-dealkylation sites (tertiary alicyclic amines) is 1. The standard InChI is InChI=1S/C16H23FN2O/c1-3-18(15-8-6-14(17)7-9-15)12-16(20)19-10-4-5-13(2)11-19/h6-9,13H,3-5,10-12H2,1-2H3. The van der Waals surface area contributed by atoms with E-state index in [4.69, 9.17) is 0 Å². The van der Waals surface area contributed by atoms with Crippen LogP contribution in [0.15, 0.2) is 24.3 Å². The first-order chi connectivity index (χ1) is 9.60. The minimum Gasteiger partial charge on any atom is -0.362 e. The third-order valence-electron chi connectivity index (χ3n) is 3.91. The van der Waals surface area contributed by atoms with E-state index in [-0.39, 0.29) is 11.7 Å². The van der Waals surface area contributed by atoms with Gasteiger partial charge >= 0.3 is 0 Å². The Balaban J connectivity index is 1.98. The number of hydrogen-bond acceptors (Lipinski definition) is 2. The molecule has 1 aromatic carbocycles. The SMILES string of the molecule is CCN(CC(=O)N1CCCC(C)C1)c1ccc(F)cc1. The maximum absolute atomic E-state index is 13.0. The fourth-order valence-electron chi connectivity index (χ4n) is 2.72. The predicted molar refractivity (Wildman–Crippen MR) is 79.3 cm³/mol. The van der Waals surface area contributed by atoms with E-state index in [0.29, 0.717) is 12.5 Å². The maximum Gasteiger partial charge on any atom is 0.242 e. The molecule has 1 amide bonds. The zero-order valence-corrected chi connectivity index (χ0v) is 12.3. The largest absolute Gasteiger partial charge is 0.362 e. The van der Waals surface area contributed by atoms with Crippen molar-refractivity contribution in [3.63, 3.8) is 0 Å². The van der Waals surface area contributed by atoms with Gasteiger partial charge in [-0.3, -0.25) is 4.79 Å². The Kier molecular flexibility index (Phi) is 4.99. The molecule has 1 unspecified atom stereocenters. The first-order valence-corrected chi connectivity index (χ1v) is 7.38. The summed E-state index contributed by atoms with van der Waals surface area (Å²) in [5.74, 6) is 0.511. The van der Waals surface area contributed by atoms with Crippen LogP contribution in [0.25, 0.3) is 0 Å². The zero-order chi connectivity index (χ0) is 14.5. The lowest BCUT2D eigenvalue weighted by Crippen LogP contribution is -2.44. The highest BCUT2D eigenvalue weighted by Gasteiger charge is 2.22. The number of benzene rings is 1. The molecule has 1 aliphatic rings. The van der Waals surface area contributed by atoms with Gasteiger partial charge < -0.3 is 9.80 Å². The van der Waals surface area contributed by atoms with Crippen LogP contribution in [0, 0.1) is 11.7 Å². The smallest absolute Gasteiger partial charge is 0.242 e. The van der Waals surface area contributed by atoms with Crippen LogP contribution in [0.1, 0.15) is 26.7 Å². The van der Waals surface area contributed by atoms with Gasteiger partial charge in [0.2, 0.25) is 5.91 Å². The minimum absolute atomic E-state index is 0.169. The Morgan fingerprint density at radius 1 is 1.40 bits per heavy atom. The van der Waals surface area contributed by atoms with Crippen molar-refractivity contribution in [2.24, 2.45) is 5.92 Å². The first-order valence-electron chi connectivity index (χ1n) is 7.38. The number of halogens is 1. The van der Waals surface area contributed by atoms with Crippen molar-refractivity contribution in [2.45, 2.75) is 26.7 Å². The molecule has 0 spiro atoms. The number of piperidine rings is 1. The third-order valence-corrected chi connectivity index (χ3v) is 3.91. The van der Waals surface area contributed by atoms with Crippen molar-refractivity contribution < 1.29 is 9.18 Å². The lowest BCUT2D eigenvalue weighted by atomic mass is 10.0. The Morgan fingerprint density at radius 2 is 2.10 bits per heavy atom. The summed E-state index contributed by atoms with van der Waals surface area (Å²) in [6, 6.07) is 6.33. The van der Waals surface area contributed by atoms with Crippen molar-refractivity contribution in [2.75, 3.05) is 31.1 Å². The summed E-state index contributed by atoms with van der Waals surface area (Å²) in [7, 11) is 0. The van der Waals surface area contributed by atoms with Crippen LogP contribution in [-0.4, -0.2) is 37.0 Å². The second kappa shape index (κ2) is 6.73. The van der Waals surface area contributed by atoms with Gasteiger partial charge in [0.05, 0.1) is 6.54 Å². The van der Waals surface area contributed by atoms with Crippen molar-refractivity contribution in [3.05, 3.63) is 30.1 Å². The van der Waals surface area contributed by atoms with E-state index < -0.39 is 0 Å². The Bertz CT molecular complexity index is 446. The number of likely N-dealkylation sites (N-methyl/N-ethyl adjacent to an activating group) is 1. The fourth-order valence-corrected chi connectivity index (χ4v) is 2.72. The molecule has 1 saturated heterocycles. The predicted octanol–water partition coefficient (Wildman–Crippen LogP) is 2.91. The minimum atomic E-state index is -0.249. The summed E-state index contributed by atoms with van der Waals surface area (Å²) in [6.45, 7) is 7.03. The van der Waals surface area contributed by atoms with Gasteiger partial charge in [-0.2, -0.15) is 0 Å². The van der Waals surface area contributed by atoms with Crippen molar-refractivity contribution in [1.82, 2.24) is 4.90 Å². The molecule has 0 saturated carbocycles. The molecule has 0 aliphatic carbocycles. The summed E-state index contributed by atoms with van der Waals surface area (Å²) < 4.78 is 13.0. The number of carbonyl (C=O) groups is 1. The highest BCUT2D eigenvalue weighted by Crippen LogP contribution is 2.18. The molecule has 2 rings (SSSR count). The van der Waals surface area contributed by atoms with E-state index in [1.807, 2.05) is 16.7 Å². The van der Waals surface area contributed by atoms with Gasteiger partial charge in [0.15, 0.2) is 0 Å². The van der Waals surface area contributed by atoms with E-state index >= 15 is 0 Å². The number of hydrogen-bond donors (Lipinski definition) is 0. The van der Waals surface area contributed by atoms with Crippen molar-refractivity contribution >= 4 is 11.6 Å². The summed E-state index contributed by atoms with van der Waals surface area (Å²) in [5.41, 5.74) is 0.896. The Hall–Kier alpha value is -1.58. The molecule has 1 atom stereocenters. The molecular formula is C16H23FN2O. The lowest BCUT2D eigenvalue weighted by Gasteiger charge is -2.33. The van der Waals surface area contributed by atoms with Crippen LogP contribution in [0.5, 0.6) is 0 Å². The summed E-state index contributed by atoms with van der Waals surface area (Å²) >= 11 is 0. The van der Waals surface area contributed by atoms with Crippen LogP contribution >= 0.6 is 0 Å². The normalized spacial score (nSPS) is 18.9. The van der Waals surface area contributed by atoms with E-state index in [9.17, 15) is 9.18 Å². The molecule has 1 fully saturated rings. The molecule has 1 aromatic rings. The molecule has 0 N–H and O–H groups in total. The van der Waals surface area contributed by atoms with Crippen molar-refractivity contribution in [3.8, 4) is 0 Å². The second-order valence-corrected chi connectivity index (χ2v) is 5.58. The lowest BCUT2D eigenvalue weighted by molar-refractivity contribution is -0.131. The molecule has 0 bridgehead atoms. The summed E-state index contributed by atoms with van der Waals surface area (Å²) in [5, 5.41) is 0. The summed E-state index contributed by atoms with van der Waals surface area (Å²) in [6.07, 6.45) is 2.30. The number of anilines is 1. The van der Waals surface area contributed by atoms with Gasteiger partial charge in [-0.05, 0) is 49.9 Å².